The van der Waals surface area contributed by atoms with Gasteiger partial charge in [0, 0.05) is 25.5 Å². The van der Waals surface area contributed by atoms with Crippen molar-refractivity contribution in [1.29, 1.82) is 0 Å². The quantitative estimate of drug-likeness (QED) is 0.124. The van der Waals surface area contributed by atoms with Gasteiger partial charge in [0.1, 0.15) is 6.17 Å². The molecule has 0 amide bonds. The van der Waals surface area contributed by atoms with Crippen molar-refractivity contribution in [3.05, 3.63) is 12.4 Å². The van der Waals surface area contributed by atoms with Crippen molar-refractivity contribution in [2.24, 2.45) is 0 Å². The molecule has 196 valence electrons. The number of hydrogen-bond donors (Lipinski definition) is 0. The lowest BCUT2D eigenvalue weighted by Crippen LogP contribution is -2.38. The molecule has 0 bridgehead atoms. The van der Waals surface area contributed by atoms with Gasteiger partial charge in [-0.15, -0.1) is 0 Å². The molecule has 0 aromatic heterocycles. The maximum Gasteiger partial charge on any atom is 0.100 e. The minimum atomic E-state index is 0.622. The molecule has 0 atom stereocenters. The summed E-state index contributed by atoms with van der Waals surface area (Å²) in [6.07, 6.45) is 38.1. The van der Waals surface area contributed by atoms with E-state index in [9.17, 15) is 0 Å². The average molecular weight is 463 g/mol. The summed E-state index contributed by atoms with van der Waals surface area (Å²) in [5, 5.41) is 0. The Hall–Kier alpha value is -0.660. The van der Waals surface area contributed by atoms with Gasteiger partial charge in [-0.05, 0) is 19.3 Å². The summed E-state index contributed by atoms with van der Waals surface area (Å²) >= 11 is 0. The molecule has 0 aliphatic carbocycles. The van der Waals surface area contributed by atoms with E-state index >= 15 is 0 Å². The minimum absolute atomic E-state index is 0.622. The largest absolute Gasteiger partial charge is 0.356 e. The molecule has 0 N–H and O–H groups in total. The molecular weight excluding hydrogens is 400 g/mol. The van der Waals surface area contributed by atoms with Crippen molar-refractivity contribution in [3.8, 4) is 0 Å². The molecule has 1 heterocycles. The number of nitrogens with zero attached hydrogens (tertiary/aromatic N) is 2. The van der Waals surface area contributed by atoms with E-state index in [0.29, 0.717) is 6.17 Å². The molecule has 1 aliphatic rings. The molecular formula is C31H62N2. The van der Waals surface area contributed by atoms with Crippen molar-refractivity contribution in [2.75, 3.05) is 13.1 Å². The van der Waals surface area contributed by atoms with Crippen LogP contribution in [0.15, 0.2) is 12.4 Å². The maximum absolute atomic E-state index is 2.62. The zero-order chi connectivity index (χ0) is 23.8. The van der Waals surface area contributed by atoms with E-state index in [2.05, 4.69) is 43.0 Å². The second-order valence-corrected chi connectivity index (χ2v) is 10.7. The van der Waals surface area contributed by atoms with Gasteiger partial charge in [0.25, 0.3) is 0 Å². The van der Waals surface area contributed by atoms with Crippen LogP contribution in [0.5, 0.6) is 0 Å². The first-order chi connectivity index (χ1) is 16.3. The zero-order valence-electron chi connectivity index (χ0n) is 23.3. The van der Waals surface area contributed by atoms with E-state index in [1.165, 1.54) is 161 Å². The first-order valence-corrected chi connectivity index (χ1v) is 15.5. The molecule has 2 nitrogen and oxygen atoms in total. The third kappa shape index (κ3) is 16.6. The van der Waals surface area contributed by atoms with Crippen molar-refractivity contribution in [1.82, 2.24) is 9.80 Å². The van der Waals surface area contributed by atoms with Gasteiger partial charge in [-0.2, -0.15) is 0 Å². The topological polar surface area (TPSA) is 6.48 Å². The van der Waals surface area contributed by atoms with Crippen molar-refractivity contribution >= 4 is 0 Å². The summed E-state index contributed by atoms with van der Waals surface area (Å²) in [5.74, 6) is 0. The molecule has 0 unspecified atom stereocenters. The molecule has 0 saturated heterocycles. The minimum Gasteiger partial charge on any atom is -0.356 e. The molecule has 33 heavy (non-hydrogen) atoms. The average Bonchev–Trinajstić information content (AvgIpc) is 3.22. The van der Waals surface area contributed by atoms with E-state index in [1.54, 1.807) is 0 Å². The van der Waals surface area contributed by atoms with E-state index in [4.69, 9.17) is 0 Å². The number of rotatable bonds is 25. The lowest BCUT2D eigenvalue weighted by Gasteiger charge is -2.32. The Morgan fingerprint density at radius 1 is 0.394 bits per heavy atom. The van der Waals surface area contributed by atoms with Gasteiger partial charge in [-0.1, -0.05) is 149 Å². The highest BCUT2D eigenvalue weighted by Crippen LogP contribution is 2.21. The van der Waals surface area contributed by atoms with E-state index in [0.717, 1.165) is 0 Å². The van der Waals surface area contributed by atoms with Crippen LogP contribution in [-0.2, 0) is 0 Å². The number of unbranched alkanes of at least 4 members (excludes halogenated alkanes) is 20. The van der Waals surface area contributed by atoms with Crippen LogP contribution in [-0.4, -0.2) is 29.1 Å². The molecule has 0 aromatic rings. The maximum atomic E-state index is 2.62. The fraction of sp³-hybridized carbons (Fsp3) is 0.935. The summed E-state index contributed by atoms with van der Waals surface area (Å²) in [6, 6.07) is 0. The van der Waals surface area contributed by atoms with Crippen LogP contribution >= 0.6 is 0 Å². The predicted molar refractivity (Wildman–Crippen MR) is 150 cm³/mol. The molecule has 0 radical (unpaired) electrons. The Labute approximate surface area is 210 Å². The Kier molecular flexibility index (Phi) is 21.3. The van der Waals surface area contributed by atoms with Gasteiger partial charge >= 0.3 is 0 Å². The lowest BCUT2D eigenvalue weighted by molar-refractivity contribution is 0.144. The smallest absolute Gasteiger partial charge is 0.100 e. The highest BCUT2D eigenvalue weighted by atomic mass is 15.4. The van der Waals surface area contributed by atoms with Crippen molar-refractivity contribution in [2.45, 2.75) is 175 Å². The highest BCUT2D eigenvalue weighted by Gasteiger charge is 2.23. The van der Waals surface area contributed by atoms with Crippen LogP contribution < -0.4 is 0 Å². The summed E-state index contributed by atoms with van der Waals surface area (Å²) in [4.78, 5) is 5.23. The van der Waals surface area contributed by atoms with Crippen LogP contribution in [0.3, 0.4) is 0 Å². The van der Waals surface area contributed by atoms with E-state index < -0.39 is 0 Å². The fourth-order valence-electron chi connectivity index (χ4n) is 5.39. The second kappa shape index (κ2) is 23.1. The standard InChI is InChI=1S/C31H62N2/c1-4-7-9-11-13-15-17-19-21-23-25-27-32-29-30-33(31(32)6-3)28-26-24-22-20-18-16-14-12-10-8-5-2/h29-31H,4-28H2,1-3H3. The second-order valence-electron chi connectivity index (χ2n) is 10.7. The molecule has 1 rings (SSSR count). The van der Waals surface area contributed by atoms with Crippen molar-refractivity contribution < 1.29 is 0 Å². The Balaban J connectivity index is 1.95. The molecule has 0 fully saturated rings. The summed E-state index contributed by atoms with van der Waals surface area (Å²) in [6.45, 7) is 9.47. The first kappa shape index (κ1) is 30.4. The lowest BCUT2D eigenvalue weighted by atomic mass is 10.1. The fourth-order valence-corrected chi connectivity index (χ4v) is 5.39. The molecule has 2 heteroatoms. The van der Waals surface area contributed by atoms with E-state index in [1.807, 2.05) is 0 Å². The highest BCUT2D eigenvalue weighted by molar-refractivity contribution is 4.96. The predicted octanol–water partition coefficient (Wildman–Crippen LogP) is 10.4. The van der Waals surface area contributed by atoms with Gasteiger partial charge in [0.2, 0.25) is 0 Å². The first-order valence-electron chi connectivity index (χ1n) is 15.5. The Bertz CT molecular complexity index is 383. The van der Waals surface area contributed by atoms with Gasteiger partial charge in [0.15, 0.2) is 0 Å². The van der Waals surface area contributed by atoms with Gasteiger partial charge in [-0.25, -0.2) is 0 Å². The molecule has 0 spiro atoms. The molecule has 0 aromatic carbocycles. The summed E-state index contributed by atoms with van der Waals surface area (Å²) < 4.78 is 0. The van der Waals surface area contributed by atoms with Crippen LogP contribution in [0.25, 0.3) is 0 Å². The third-order valence-corrected chi connectivity index (χ3v) is 7.62. The number of hydrogen-bond acceptors (Lipinski definition) is 2. The SMILES string of the molecule is CCCCCCCCCCCCCN1C=CN(CCCCCCCCCCCCC)C1CC. The molecule has 0 saturated carbocycles. The van der Waals surface area contributed by atoms with Crippen LogP contribution in [0.2, 0.25) is 0 Å². The monoisotopic (exact) mass is 462 g/mol. The zero-order valence-corrected chi connectivity index (χ0v) is 23.3. The van der Waals surface area contributed by atoms with Gasteiger partial charge < -0.3 is 9.80 Å². The van der Waals surface area contributed by atoms with Crippen LogP contribution in [0.1, 0.15) is 168 Å². The molecule has 1 aliphatic heterocycles. The van der Waals surface area contributed by atoms with Gasteiger partial charge in [0.05, 0.1) is 0 Å². The third-order valence-electron chi connectivity index (χ3n) is 7.62. The van der Waals surface area contributed by atoms with Crippen LogP contribution in [0, 0.1) is 0 Å². The Morgan fingerprint density at radius 3 is 0.939 bits per heavy atom. The van der Waals surface area contributed by atoms with E-state index in [-0.39, 0.29) is 0 Å². The van der Waals surface area contributed by atoms with Crippen LogP contribution in [0.4, 0.5) is 0 Å². The van der Waals surface area contributed by atoms with Gasteiger partial charge in [-0.3, -0.25) is 0 Å². The summed E-state index contributed by atoms with van der Waals surface area (Å²) in [7, 11) is 0. The normalized spacial score (nSPS) is 14.2. The van der Waals surface area contributed by atoms with Crippen molar-refractivity contribution in [3.63, 3.8) is 0 Å². The Morgan fingerprint density at radius 2 is 0.667 bits per heavy atom. The summed E-state index contributed by atoms with van der Waals surface area (Å²) in [5.41, 5.74) is 0.